The second kappa shape index (κ2) is 7.59. The molecule has 0 aromatic carbocycles. The first-order valence-electron chi connectivity index (χ1n) is 6.20. The molecule has 0 aromatic rings. The molecule has 1 amide bonds. The summed E-state index contributed by atoms with van der Waals surface area (Å²) in [4.78, 5) is 12.7. The van der Waals surface area contributed by atoms with E-state index >= 15 is 0 Å². The number of nitrogens with one attached hydrogen (secondary N) is 1. The zero-order chi connectivity index (χ0) is 15.1. The molecule has 0 atom stereocenters. The number of carbonyl (C=O) groups is 1. The van der Waals surface area contributed by atoms with E-state index in [2.05, 4.69) is 5.32 Å². The molecule has 0 aromatic heterocycles. The molecule has 19 heavy (non-hydrogen) atoms. The van der Waals surface area contributed by atoms with Crippen molar-refractivity contribution in [1.29, 1.82) is 0 Å². The number of halogens is 2. The van der Waals surface area contributed by atoms with Gasteiger partial charge in [-0.2, -0.15) is 0 Å². The van der Waals surface area contributed by atoms with Crippen LogP contribution in [0, 0.1) is 0 Å². The number of aliphatic hydroxyl groups excluding tert-OH is 1. The summed E-state index contributed by atoms with van der Waals surface area (Å²) in [5.74, 6) is -3.09. The van der Waals surface area contributed by atoms with Crippen LogP contribution >= 0.6 is 0 Å². The van der Waals surface area contributed by atoms with Crippen LogP contribution in [-0.2, 0) is 4.74 Å². The maximum atomic E-state index is 12.8. The number of alkyl carbamates (subject to hydrolysis) is 1. The van der Waals surface area contributed by atoms with Gasteiger partial charge in [0.1, 0.15) is 12.2 Å². The molecule has 7 heteroatoms. The first kappa shape index (κ1) is 18.0. The molecular weight excluding hydrogens is 258 g/mol. The Labute approximate surface area is 112 Å². The summed E-state index contributed by atoms with van der Waals surface area (Å²) >= 11 is 0. The maximum absolute atomic E-state index is 12.8. The third kappa shape index (κ3) is 10.6. The van der Waals surface area contributed by atoms with Crippen molar-refractivity contribution in [2.24, 2.45) is 0 Å². The lowest BCUT2D eigenvalue weighted by Crippen LogP contribution is -2.39. The van der Waals surface area contributed by atoms with Crippen LogP contribution in [0.4, 0.5) is 13.6 Å². The number of aliphatic hydroxyl groups is 1. The number of hydrogen-bond acceptors (Lipinski definition) is 4. The molecule has 0 spiro atoms. The molecule has 2 N–H and O–H groups in total. The molecule has 0 fully saturated rings. The Morgan fingerprint density at radius 2 is 1.95 bits per heavy atom. The minimum atomic E-state index is -3.09. The highest BCUT2D eigenvalue weighted by atomic mass is 19.3. The van der Waals surface area contributed by atoms with E-state index < -0.39 is 30.8 Å². The van der Waals surface area contributed by atoms with Crippen molar-refractivity contribution in [1.82, 2.24) is 10.2 Å². The minimum Gasteiger partial charge on any atom is -0.444 e. The summed E-state index contributed by atoms with van der Waals surface area (Å²) in [6.45, 7) is 4.37. The van der Waals surface area contributed by atoms with Crippen LogP contribution in [0.5, 0.6) is 0 Å². The molecule has 0 rings (SSSR count). The standard InChI is InChI=1S/C12H24F2N2O3/c1-11(2,3)19-10(18)15-6-5-7-16(4)8-12(13,14)9-17/h17H,5-9H2,1-4H3,(H,15,18). The Kier molecular flexibility index (Phi) is 7.21. The second-order valence-electron chi connectivity index (χ2n) is 5.53. The van der Waals surface area contributed by atoms with E-state index in [0.717, 1.165) is 0 Å². The van der Waals surface area contributed by atoms with E-state index in [-0.39, 0.29) is 0 Å². The van der Waals surface area contributed by atoms with Gasteiger partial charge in [0.2, 0.25) is 0 Å². The average molecular weight is 282 g/mol. The van der Waals surface area contributed by atoms with Gasteiger partial charge in [0.25, 0.3) is 5.92 Å². The highest BCUT2D eigenvalue weighted by molar-refractivity contribution is 5.67. The largest absolute Gasteiger partial charge is 0.444 e. The Bertz CT molecular complexity index is 281. The number of carbonyl (C=O) groups excluding carboxylic acids is 1. The monoisotopic (exact) mass is 282 g/mol. The zero-order valence-corrected chi connectivity index (χ0v) is 12.0. The summed E-state index contributed by atoms with van der Waals surface area (Å²) in [6.07, 6.45) is 0.00731. The van der Waals surface area contributed by atoms with Gasteiger partial charge in [-0.25, -0.2) is 13.6 Å². The lowest BCUT2D eigenvalue weighted by molar-refractivity contribution is -0.0687. The molecule has 0 aliphatic carbocycles. The molecule has 0 unspecified atom stereocenters. The van der Waals surface area contributed by atoms with Gasteiger partial charge in [-0.1, -0.05) is 0 Å². The highest BCUT2D eigenvalue weighted by Crippen LogP contribution is 2.13. The SMILES string of the molecule is CN(CCCNC(=O)OC(C)(C)C)CC(F)(F)CO. The number of amides is 1. The van der Waals surface area contributed by atoms with Crippen LogP contribution in [0.3, 0.4) is 0 Å². The van der Waals surface area contributed by atoms with E-state index in [9.17, 15) is 13.6 Å². The second-order valence-corrected chi connectivity index (χ2v) is 5.53. The summed E-state index contributed by atoms with van der Waals surface area (Å²) in [6, 6.07) is 0. The fraction of sp³-hybridized carbons (Fsp3) is 0.917. The molecular formula is C12H24F2N2O3. The topological polar surface area (TPSA) is 61.8 Å². The molecule has 0 bridgehead atoms. The van der Waals surface area contributed by atoms with Gasteiger partial charge >= 0.3 is 6.09 Å². The first-order chi connectivity index (χ1) is 8.56. The van der Waals surface area contributed by atoms with Crippen LogP contribution in [-0.4, -0.2) is 60.9 Å². The van der Waals surface area contributed by atoms with Crippen molar-refractivity contribution in [3.8, 4) is 0 Å². The van der Waals surface area contributed by atoms with Gasteiger partial charge in [-0.3, -0.25) is 0 Å². The first-order valence-corrected chi connectivity index (χ1v) is 6.20. The number of alkyl halides is 2. The van der Waals surface area contributed by atoms with E-state index in [1.807, 2.05) is 0 Å². The Morgan fingerprint density at radius 3 is 2.42 bits per heavy atom. The van der Waals surface area contributed by atoms with Gasteiger partial charge < -0.3 is 20.1 Å². The average Bonchev–Trinajstić information content (AvgIpc) is 2.21. The van der Waals surface area contributed by atoms with E-state index in [4.69, 9.17) is 9.84 Å². The quantitative estimate of drug-likeness (QED) is 0.694. The number of ether oxygens (including phenoxy) is 1. The predicted molar refractivity (Wildman–Crippen MR) is 68.4 cm³/mol. The van der Waals surface area contributed by atoms with Crippen LogP contribution in [0.25, 0.3) is 0 Å². The van der Waals surface area contributed by atoms with Gasteiger partial charge in [0.15, 0.2) is 0 Å². The Morgan fingerprint density at radius 1 is 1.37 bits per heavy atom. The van der Waals surface area contributed by atoms with Crippen molar-refractivity contribution in [3.63, 3.8) is 0 Å². The van der Waals surface area contributed by atoms with Crippen molar-refractivity contribution < 1.29 is 23.4 Å². The van der Waals surface area contributed by atoms with Crippen LogP contribution in [0.2, 0.25) is 0 Å². The molecule has 0 heterocycles. The van der Waals surface area contributed by atoms with Crippen molar-refractivity contribution in [2.45, 2.75) is 38.7 Å². The van der Waals surface area contributed by atoms with E-state index in [1.165, 1.54) is 11.9 Å². The van der Waals surface area contributed by atoms with Crippen molar-refractivity contribution >= 4 is 6.09 Å². The third-order valence-corrected chi connectivity index (χ3v) is 2.12. The summed E-state index contributed by atoms with van der Waals surface area (Å²) in [5.41, 5.74) is -0.552. The summed E-state index contributed by atoms with van der Waals surface area (Å²) < 4.78 is 30.7. The summed E-state index contributed by atoms with van der Waals surface area (Å²) in [7, 11) is 1.54. The Hall–Kier alpha value is -0.950. The maximum Gasteiger partial charge on any atom is 0.407 e. The van der Waals surface area contributed by atoms with Crippen molar-refractivity contribution in [3.05, 3.63) is 0 Å². The number of nitrogens with zero attached hydrogens (tertiary/aromatic N) is 1. The van der Waals surface area contributed by atoms with Crippen LogP contribution in [0.1, 0.15) is 27.2 Å². The molecule has 0 saturated carbocycles. The predicted octanol–water partition coefficient (Wildman–Crippen LogP) is 1.46. The van der Waals surface area contributed by atoms with Gasteiger partial charge in [0, 0.05) is 6.54 Å². The zero-order valence-electron chi connectivity index (χ0n) is 12.0. The van der Waals surface area contributed by atoms with Gasteiger partial charge in [-0.05, 0) is 40.8 Å². The highest BCUT2D eigenvalue weighted by Gasteiger charge is 2.29. The smallest absolute Gasteiger partial charge is 0.407 e. The molecule has 5 nitrogen and oxygen atoms in total. The normalized spacial score (nSPS) is 12.6. The molecule has 0 aliphatic heterocycles. The fourth-order valence-electron chi connectivity index (χ4n) is 1.38. The lowest BCUT2D eigenvalue weighted by Gasteiger charge is -2.22. The molecule has 114 valence electrons. The fourth-order valence-corrected chi connectivity index (χ4v) is 1.38. The lowest BCUT2D eigenvalue weighted by atomic mass is 10.2. The third-order valence-electron chi connectivity index (χ3n) is 2.12. The number of hydrogen-bond donors (Lipinski definition) is 2. The van der Waals surface area contributed by atoms with Crippen LogP contribution < -0.4 is 5.32 Å². The summed E-state index contributed by atoms with van der Waals surface area (Å²) in [5, 5.41) is 11.0. The van der Waals surface area contributed by atoms with E-state index in [0.29, 0.717) is 19.5 Å². The number of rotatable bonds is 7. The van der Waals surface area contributed by atoms with E-state index in [1.54, 1.807) is 20.8 Å². The molecule has 0 aliphatic rings. The van der Waals surface area contributed by atoms with Gasteiger partial charge in [0.05, 0.1) is 6.54 Å². The van der Waals surface area contributed by atoms with Gasteiger partial charge in [-0.15, -0.1) is 0 Å². The molecule has 0 saturated heterocycles. The van der Waals surface area contributed by atoms with Crippen LogP contribution in [0.15, 0.2) is 0 Å². The Balaban J connectivity index is 3.72. The van der Waals surface area contributed by atoms with Crippen molar-refractivity contribution in [2.75, 3.05) is 33.3 Å². The minimum absolute atomic E-state index is 0.351. The molecule has 0 radical (unpaired) electrons.